The van der Waals surface area contributed by atoms with Crippen molar-refractivity contribution in [3.05, 3.63) is 65.7 Å². The average molecular weight is 268 g/mol. The van der Waals surface area contributed by atoms with Gasteiger partial charge in [-0.2, -0.15) is 0 Å². The summed E-state index contributed by atoms with van der Waals surface area (Å²) in [5.74, 6) is -0.216. The molecule has 0 heterocycles. The summed E-state index contributed by atoms with van der Waals surface area (Å²) in [6.07, 6.45) is 0.562. The summed E-state index contributed by atoms with van der Waals surface area (Å²) in [6, 6.07) is 16.5. The molecule has 0 radical (unpaired) electrons. The molecule has 2 N–H and O–H groups in total. The van der Waals surface area contributed by atoms with Crippen LogP contribution >= 0.6 is 0 Å². The van der Waals surface area contributed by atoms with Gasteiger partial charge in [-0.1, -0.05) is 42.5 Å². The predicted molar refractivity (Wildman–Crippen MR) is 78.5 cm³/mol. The quantitative estimate of drug-likeness (QED) is 0.819. The molecule has 0 bridgehead atoms. The molecule has 0 aliphatic carbocycles. The Morgan fingerprint density at radius 1 is 1.05 bits per heavy atom. The van der Waals surface area contributed by atoms with Crippen molar-refractivity contribution in [3.63, 3.8) is 0 Å². The van der Waals surface area contributed by atoms with Gasteiger partial charge < -0.3 is 10.6 Å². The van der Waals surface area contributed by atoms with Crippen LogP contribution in [0.4, 0.5) is 5.69 Å². The number of carbonyl (C=O) groups is 2. The third kappa shape index (κ3) is 3.23. The van der Waals surface area contributed by atoms with Gasteiger partial charge in [-0.15, -0.1) is 0 Å². The molecule has 2 rings (SSSR count). The first kappa shape index (κ1) is 13.8. The molecule has 1 unspecified atom stereocenters. The Kier molecular flexibility index (Phi) is 4.50. The maximum absolute atomic E-state index is 12.3. The number of benzene rings is 2. The molecular formula is C16H16N2O2. The average Bonchev–Trinajstić information content (AvgIpc) is 2.49. The fraction of sp³-hybridized carbons (Fsp3) is 0.125. The number of nitrogens with one attached hydrogen (secondary N) is 2. The van der Waals surface area contributed by atoms with Crippen LogP contribution in [0.3, 0.4) is 0 Å². The molecule has 0 aromatic heterocycles. The third-order valence-corrected chi connectivity index (χ3v) is 3.03. The van der Waals surface area contributed by atoms with Crippen LogP contribution < -0.4 is 10.6 Å². The molecule has 0 aliphatic rings. The van der Waals surface area contributed by atoms with Gasteiger partial charge in [0.25, 0.3) is 5.91 Å². The molecule has 2 aromatic rings. The second-order valence-corrected chi connectivity index (χ2v) is 4.41. The molecule has 0 aliphatic heterocycles. The van der Waals surface area contributed by atoms with E-state index < -0.39 is 0 Å². The summed E-state index contributed by atoms with van der Waals surface area (Å²) in [6.45, 7) is 1.92. The molecule has 0 spiro atoms. The minimum atomic E-state index is -0.216. The van der Waals surface area contributed by atoms with Crippen molar-refractivity contribution >= 4 is 18.0 Å². The number of amides is 2. The highest BCUT2D eigenvalue weighted by atomic mass is 16.2. The first-order chi connectivity index (χ1) is 9.72. The maximum atomic E-state index is 12.3. The highest BCUT2D eigenvalue weighted by Crippen LogP contribution is 2.17. The smallest absolute Gasteiger partial charge is 0.253 e. The van der Waals surface area contributed by atoms with Crippen LogP contribution in [-0.2, 0) is 4.79 Å². The number of hydrogen-bond donors (Lipinski definition) is 2. The van der Waals surface area contributed by atoms with Crippen molar-refractivity contribution in [1.82, 2.24) is 5.32 Å². The largest absolute Gasteiger partial charge is 0.345 e. The molecule has 4 nitrogen and oxygen atoms in total. The van der Waals surface area contributed by atoms with Crippen LogP contribution in [-0.4, -0.2) is 12.3 Å². The zero-order valence-corrected chi connectivity index (χ0v) is 11.2. The van der Waals surface area contributed by atoms with Crippen LogP contribution in [0.15, 0.2) is 54.6 Å². The maximum Gasteiger partial charge on any atom is 0.253 e. The van der Waals surface area contributed by atoms with E-state index in [1.54, 1.807) is 24.3 Å². The zero-order chi connectivity index (χ0) is 14.4. The van der Waals surface area contributed by atoms with Crippen LogP contribution in [0, 0.1) is 0 Å². The predicted octanol–water partition coefficient (Wildman–Crippen LogP) is 2.75. The third-order valence-electron chi connectivity index (χ3n) is 3.03. The highest BCUT2D eigenvalue weighted by Gasteiger charge is 2.14. The number of para-hydroxylation sites is 1. The summed E-state index contributed by atoms with van der Waals surface area (Å²) < 4.78 is 0. The minimum absolute atomic E-state index is 0.104. The molecule has 0 saturated carbocycles. The monoisotopic (exact) mass is 268 g/mol. The van der Waals surface area contributed by atoms with Crippen molar-refractivity contribution in [2.24, 2.45) is 0 Å². The topological polar surface area (TPSA) is 58.2 Å². The number of anilines is 1. The second kappa shape index (κ2) is 6.52. The van der Waals surface area contributed by atoms with Gasteiger partial charge in [0.05, 0.1) is 17.3 Å². The van der Waals surface area contributed by atoms with E-state index in [0.29, 0.717) is 17.7 Å². The van der Waals surface area contributed by atoms with E-state index in [0.717, 1.165) is 5.56 Å². The summed E-state index contributed by atoms with van der Waals surface area (Å²) in [5, 5.41) is 5.45. The molecule has 20 heavy (non-hydrogen) atoms. The van der Waals surface area contributed by atoms with Crippen molar-refractivity contribution in [2.75, 3.05) is 5.32 Å². The lowest BCUT2D eigenvalue weighted by Gasteiger charge is -2.15. The fourth-order valence-corrected chi connectivity index (χ4v) is 1.97. The number of rotatable bonds is 5. The van der Waals surface area contributed by atoms with Crippen LogP contribution in [0.1, 0.15) is 28.9 Å². The van der Waals surface area contributed by atoms with E-state index >= 15 is 0 Å². The lowest BCUT2D eigenvalue weighted by molar-refractivity contribution is -0.105. The van der Waals surface area contributed by atoms with Crippen LogP contribution in [0.5, 0.6) is 0 Å². The molecular weight excluding hydrogens is 252 g/mol. The van der Waals surface area contributed by atoms with Gasteiger partial charge in [0.1, 0.15) is 0 Å². The fourth-order valence-electron chi connectivity index (χ4n) is 1.97. The Bertz CT molecular complexity index is 596. The second-order valence-electron chi connectivity index (χ2n) is 4.41. The van der Waals surface area contributed by atoms with Gasteiger partial charge in [0.2, 0.25) is 6.41 Å². The van der Waals surface area contributed by atoms with E-state index in [9.17, 15) is 9.59 Å². The Morgan fingerprint density at radius 2 is 1.70 bits per heavy atom. The van der Waals surface area contributed by atoms with Crippen molar-refractivity contribution in [2.45, 2.75) is 13.0 Å². The molecule has 0 saturated heterocycles. The molecule has 4 heteroatoms. The van der Waals surface area contributed by atoms with Crippen LogP contribution in [0.25, 0.3) is 0 Å². The van der Waals surface area contributed by atoms with Crippen molar-refractivity contribution < 1.29 is 9.59 Å². The number of hydrogen-bond acceptors (Lipinski definition) is 2. The van der Waals surface area contributed by atoms with Gasteiger partial charge in [-0.25, -0.2) is 0 Å². The summed E-state index contributed by atoms with van der Waals surface area (Å²) in [4.78, 5) is 22.8. The van der Waals surface area contributed by atoms with E-state index in [-0.39, 0.29) is 11.9 Å². The van der Waals surface area contributed by atoms with E-state index in [2.05, 4.69) is 10.6 Å². The normalized spacial score (nSPS) is 11.4. The first-order valence-electron chi connectivity index (χ1n) is 6.37. The molecule has 0 fully saturated rings. The van der Waals surface area contributed by atoms with Crippen molar-refractivity contribution in [3.8, 4) is 0 Å². The van der Waals surface area contributed by atoms with Gasteiger partial charge in [-0.3, -0.25) is 9.59 Å². The minimum Gasteiger partial charge on any atom is -0.345 e. The van der Waals surface area contributed by atoms with Gasteiger partial charge in [-0.05, 0) is 24.6 Å². The van der Waals surface area contributed by atoms with E-state index in [1.807, 2.05) is 37.3 Å². The lowest BCUT2D eigenvalue weighted by atomic mass is 10.1. The Hall–Kier alpha value is -2.62. The zero-order valence-electron chi connectivity index (χ0n) is 11.2. The standard InChI is InChI=1S/C16H16N2O2/c1-12(13-7-3-2-4-8-13)18-16(20)14-9-5-6-10-15(14)17-11-19/h2-12H,1H3,(H,17,19)(H,18,20). The molecule has 102 valence electrons. The Morgan fingerprint density at radius 3 is 2.40 bits per heavy atom. The highest BCUT2D eigenvalue weighted by molar-refractivity contribution is 6.01. The SMILES string of the molecule is CC(NC(=O)c1ccccc1NC=O)c1ccccc1. The molecule has 1 atom stereocenters. The van der Waals surface area contributed by atoms with E-state index in [1.165, 1.54) is 0 Å². The van der Waals surface area contributed by atoms with E-state index in [4.69, 9.17) is 0 Å². The van der Waals surface area contributed by atoms with Gasteiger partial charge in [0.15, 0.2) is 0 Å². The summed E-state index contributed by atoms with van der Waals surface area (Å²) in [5.41, 5.74) is 1.98. The molecule has 2 amide bonds. The first-order valence-corrected chi connectivity index (χ1v) is 6.37. The van der Waals surface area contributed by atoms with Gasteiger partial charge >= 0.3 is 0 Å². The van der Waals surface area contributed by atoms with Crippen LogP contribution in [0.2, 0.25) is 0 Å². The van der Waals surface area contributed by atoms with Crippen molar-refractivity contribution in [1.29, 1.82) is 0 Å². The number of carbonyl (C=O) groups excluding carboxylic acids is 2. The Labute approximate surface area is 117 Å². The summed E-state index contributed by atoms with van der Waals surface area (Å²) in [7, 11) is 0. The molecule has 2 aromatic carbocycles. The Balaban J connectivity index is 2.14. The summed E-state index contributed by atoms with van der Waals surface area (Å²) >= 11 is 0. The lowest BCUT2D eigenvalue weighted by Crippen LogP contribution is -2.27. The van der Waals surface area contributed by atoms with Gasteiger partial charge in [0, 0.05) is 0 Å².